The highest BCUT2D eigenvalue weighted by molar-refractivity contribution is 6.30. The van der Waals surface area contributed by atoms with Crippen LogP contribution in [0.1, 0.15) is 25.5 Å². The number of carbonyl (C=O) groups is 1. The molecule has 3 rings (SSSR count). The quantitative estimate of drug-likeness (QED) is 0.864. The van der Waals surface area contributed by atoms with Crippen molar-refractivity contribution in [2.75, 3.05) is 29.9 Å². The SMILES string of the molecule is Cc1cc(OCC(=O)Nc2ccc(Cl)cc2)nc(N2CCC[C@@H](C)C2)n1. The van der Waals surface area contributed by atoms with Gasteiger partial charge in [-0.25, -0.2) is 4.98 Å². The molecule has 0 bridgehead atoms. The van der Waals surface area contributed by atoms with Crippen LogP contribution in [0.15, 0.2) is 30.3 Å². The second kappa shape index (κ2) is 8.36. The Labute approximate surface area is 158 Å². The maximum absolute atomic E-state index is 12.1. The smallest absolute Gasteiger partial charge is 0.262 e. The second-order valence-electron chi connectivity index (χ2n) is 6.68. The highest BCUT2D eigenvalue weighted by Gasteiger charge is 2.19. The van der Waals surface area contributed by atoms with Gasteiger partial charge in [-0.1, -0.05) is 18.5 Å². The maximum Gasteiger partial charge on any atom is 0.262 e. The summed E-state index contributed by atoms with van der Waals surface area (Å²) >= 11 is 5.84. The lowest BCUT2D eigenvalue weighted by molar-refractivity contribution is -0.118. The summed E-state index contributed by atoms with van der Waals surface area (Å²) in [5.41, 5.74) is 1.49. The van der Waals surface area contributed by atoms with Crippen LogP contribution in [-0.2, 0) is 4.79 Å². The minimum Gasteiger partial charge on any atom is -0.467 e. The molecule has 1 amide bonds. The van der Waals surface area contributed by atoms with Crippen molar-refractivity contribution in [2.45, 2.75) is 26.7 Å². The Kier molecular flexibility index (Phi) is 5.93. The number of nitrogens with one attached hydrogen (secondary N) is 1. The minimum absolute atomic E-state index is 0.116. The van der Waals surface area contributed by atoms with Crippen molar-refractivity contribution in [3.8, 4) is 5.88 Å². The van der Waals surface area contributed by atoms with Crippen molar-refractivity contribution in [2.24, 2.45) is 5.92 Å². The Hall–Kier alpha value is -2.34. The number of piperidine rings is 1. The third-order valence-electron chi connectivity index (χ3n) is 4.24. The van der Waals surface area contributed by atoms with Crippen LogP contribution in [-0.4, -0.2) is 35.6 Å². The molecule has 1 aromatic heterocycles. The lowest BCUT2D eigenvalue weighted by Crippen LogP contribution is -2.35. The molecule has 1 aliphatic heterocycles. The van der Waals surface area contributed by atoms with Crippen molar-refractivity contribution in [3.63, 3.8) is 0 Å². The van der Waals surface area contributed by atoms with E-state index in [2.05, 4.69) is 27.1 Å². The van der Waals surface area contributed by atoms with Crippen molar-refractivity contribution in [3.05, 3.63) is 41.0 Å². The zero-order valence-corrected chi connectivity index (χ0v) is 15.8. The van der Waals surface area contributed by atoms with Gasteiger partial charge in [0, 0.05) is 35.6 Å². The molecule has 26 heavy (non-hydrogen) atoms. The first-order valence-corrected chi connectivity index (χ1v) is 9.16. The molecule has 2 aromatic rings. The van der Waals surface area contributed by atoms with Gasteiger partial charge in [0.05, 0.1) is 0 Å². The molecule has 1 saturated heterocycles. The van der Waals surface area contributed by atoms with Crippen LogP contribution in [0.5, 0.6) is 5.88 Å². The highest BCUT2D eigenvalue weighted by atomic mass is 35.5. The van der Waals surface area contributed by atoms with E-state index in [0.717, 1.165) is 25.2 Å². The van der Waals surface area contributed by atoms with Gasteiger partial charge in [0.1, 0.15) is 0 Å². The molecule has 2 heterocycles. The molecule has 1 atom stereocenters. The maximum atomic E-state index is 12.1. The number of aryl methyl sites for hydroxylation is 1. The average molecular weight is 375 g/mol. The number of amides is 1. The molecule has 0 unspecified atom stereocenters. The monoisotopic (exact) mass is 374 g/mol. The summed E-state index contributed by atoms with van der Waals surface area (Å²) in [4.78, 5) is 23.2. The fraction of sp³-hybridized carbons (Fsp3) is 0.421. The Morgan fingerprint density at radius 1 is 1.35 bits per heavy atom. The first-order chi connectivity index (χ1) is 12.5. The molecule has 0 radical (unpaired) electrons. The van der Waals surface area contributed by atoms with Crippen LogP contribution in [0, 0.1) is 12.8 Å². The van der Waals surface area contributed by atoms with Gasteiger partial charge in [0.25, 0.3) is 5.91 Å². The Bertz CT molecular complexity index is 767. The number of halogens is 1. The molecule has 1 fully saturated rings. The molecule has 1 aliphatic rings. The lowest BCUT2D eigenvalue weighted by Gasteiger charge is -2.31. The van der Waals surface area contributed by atoms with E-state index in [0.29, 0.717) is 28.5 Å². The van der Waals surface area contributed by atoms with Gasteiger partial charge in [-0.3, -0.25) is 4.79 Å². The number of aromatic nitrogens is 2. The molecule has 0 saturated carbocycles. The van der Waals surface area contributed by atoms with Crippen LogP contribution in [0.4, 0.5) is 11.6 Å². The lowest BCUT2D eigenvalue weighted by atomic mass is 10.0. The minimum atomic E-state index is -0.253. The number of nitrogens with zero attached hydrogens (tertiary/aromatic N) is 3. The standard InChI is InChI=1S/C19H23ClN4O2/c1-13-4-3-9-24(11-13)19-21-14(2)10-18(23-19)26-12-17(25)22-16-7-5-15(20)6-8-16/h5-8,10,13H,3-4,9,11-12H2,1-2H3,(H,22,25)/t13-/m1/s1. The van der Waals surface area contributed by atoms with E-state index in [1.54, 1.807) is 30.3 Å². The summed E-state index contributed by atoms with van der Waals surface area (Å²) in [6.07, 6.45) is 2.37. The number of hydrogen-bond donors (Lipinski definition) is 1. The molecule has 7 heteroatoms. The van der Waals surface area contributed by atoms with Crippen molar-refractivity contribution in [1.82, 2.24) is 9.97 Å². The third kappa shape index (κ3) is 5.08. The average Bonchev–Trinajstić information content (AvgIpc) is 2.61. The molecule has 1 N–H and O–H groups in total. The fourth-order valence-corrected chi connectivity index (χ4v) is 3.11. The fourth-order valence-electron chi connectivity index (χ4n) is 2.98. The Balaban J connectivity index is 1.60. The predicted molar refractivity (Wildman–Crippen MR) is 103 cm³/mol. The van der Waals surface area contributed by atoms with E-state index in [-0.39, 0.29) is 12.5 Å². The van der Waals surface area contributed by atoms with Crippen molar-refractivity contribution in [1.29, 1.82) is 0 Å². The summed E-state index contributed by atoms with van der Waals surface area (Å²) < 4.78 is 5.59. The van der Waals surface area contributed by atoms with Gasteiger partial charge in [-0.05, 0) is 49.9 Å². The summed E-state index contributed by atoms with van der Waals surface area (Å²) in [7, 11) is 0. The van der Waals surface area contributed by atoms with E-state index in [9.17, 15) is 4.79 Å². The van der Waals surface area contributed by atoms with Crippen LogP contribution in [0.3, 0.4) is 0 Å². The van der Waals surface area contributed by atoms with Crippen LogP contribution < -0.4 is 15.0 Å². The zero-order chi connectivity index (χ0) is 18.5. The Morgan fingerprint density at radius 3 is 2.85 bits per heavy atom. The largest absolute Gasteiger partial charge is 0.467 e. The van der Waals surface area contributed by atoms with Crippen LogP contribution >= 0.6 is 11.6 Å². The van der Waals surface area contributed by atoms with Crippen molar-refractivity contribution >= 4 is 29.1 Å². The van der Waals surface area contributed by atoms with Gasteiger partial charge in [-0.15, -0.1) is 0 Å². The highest BCUT2D eigenvalue weighted by Crippen LogP contribution is 2.22. The van der Waals surface area contributed by atoms with E-state index in [1.807, 2.05) is 6.92 Å². The molecular weight excluding hydrogens is 352 g/mol. The molecule has 138 valence electrons. The topological polar surface area (TPSA) is 67.3 Å². The van der Waals surface area contributed by atoms with E-state index >= 15 is 0 Å². The number of benzene rings is 1. The first kappa shape index (κ1) is 18.5. The summed E-state index contributed by atoms with van der Waals surface area (Å²) in [5, 5.41) is 3.38. The van der Waals surface area contributed by atoms with E-state index < -0.39 is 0 Å². The number of rotatable bonds is 5. The van der Waals surface area contributed by atoms with Crippen molar-refractivity contribution < 1.29 is 9.53 Å². The molecule has 6 nitrogen and oxygen atoms in total. The third-order valence-corrected chi connectivity index (χ3v) is 4.49. The molecule has 0 spiro atoms. The van der Waals surface area contributed by atoms with Crippen LogP contribution in [0.25, 0.3) is 0 Å². The predicted octanol–water partition coefficient (Wildman–Crippen LogP) is 3.69. The number of hydrogen-bond acceptors (Lipinski definition) is 5. The summed E-state index contributed by atoms with van der Waals surface area (Å²) in [6, 6.07) is 8.66. The molecule has 1 aromatic carbocycles. The number of ether oxygens (including phenoxy) is 1. The molecular formula is C19H23ClN4O2. The normalized spacial score (nSPS) is 17.0. The number of anilines is 2. The molecule has 0 aliphatic carbocycles. The van der Waals surface area contributed by atoms with E-state index in [4.69, 9.17) is 16.3 Å². The van der Waals surface area contributed by atoms with Gasteiger partial charge in [0.2, 0.25) is 11.8 Å². The summed E-state index contributed by atoms with van der Waals surface area (Å²) in [6.45, 7) is 5.92. The van der Waals surface area contributed by atoms with Gasteiger partial charge in [0.15, 0.2) is 6.61 Å². The Morgan fingerprint density at radius 2 is 2.12 bits per heavy atom. The second-order valence-corrected chi connectivity index (χ2v) is 7.12. The van der Waals surface area contributed by atoms with E-state index in [1.165, 1.54) is 6.42 Å². The van der Waals surface area contributed by atoms with Gasteiger partial charge < -0.3 is 15.0 Å². The zero-order valence-electron chi connectivity index (χ0n) is 15.0. The van der Waals surface area contributed by atoms with Gasteiger partial charge >= 0.3 is 0 Å². The number of carbonyl (C=O) groups excluding carboxylic acids is 1. The van der Waals surface area contributed by atoms with Crippen LogP contribution in [0.2, 0.25) is 5.02 Å². The first-order valence-electron chi connectivity index (χ1n) is 8.78. The summed E-state index contributed by atoms with van der Waals surface area (Å²) in [5.74, 6) is 1.46. The van der Waals surface area contributed by atoms with Gasteiger partial charge in [-0.2, -0.15) is 4.98 Å².